The van der Waals surface area contributed by atoms with E-state index in [1.807, 2.05) is 0 Å². The third kappa shape index (κ3) is 3.08. The molecule has 15 heavy (non-hydrogen) atoms. The Morgan fingerprint density at radius 3 is 2.40 bits per heavy atom. The van der Waals surface area contributed by atoms with E-state index < -0.39 is 11.3 Å². The Labute approximate surface area is 103 Å². The van der Waals surface area contributed by atoms with Gasteiger partial charge in [-0.15, -0.1) is 0 Å². The van der Waals surface area contributed by atoms with Gasteiger partial charge >= 0.3 is 0 Å². The molecule has 1 atom stereocenters. The lowest BCUT2D eigenvalue weighted by Gasteiger charge is -2.12. The molecule has 0 radical (unpaired) electrons. The lowest BCUT2D eigenvalue weighted by molar-refractivity contribution is -0.116. The third-order valence-electron chi connectivity index (χ3n) is 1.91. The third-order valence-corrected chi connectivity index (χ3v) is 3.55. The molecule has 0 aliphatic rings. The molecule has 1 unspecified atom stereocenters. The quantitative estimate of drug-likeness (QED) is 0.744. The molecule has 0 aliphatic carbocycles. The Hall–Kier alpha value is -0.290. The number of rotatable bonds is 3. The van der Waals surface area contributed by atoms with Crippen molar-refractivity contribution < 1.29 is 13.6 Å². The maximum Gasteiger partial charge on any atom is 0.264 e. The highest BCUT2D eigenvalue weighted by Crippen LogP contribution is 2.34. The van der Waals surface area contributed by atoms with Crippen LogP contribution in [0.25, 0.3) is 0 Å². The molecule has 0 aromatic heterocycles. The Morgan fingerprint density at radius 1 is 1.33 bits per heavy atom. The predicted octanol–water partition coefficient (Wildman–Crippen LogP) is 4.41. The van der Waals surface area contributed by atoms with Gasteiger partial charge in [-0.3, -0.25) is 4.79 Å². The normalized spacial score (nSPS) is 12.9. The molecule has 0 amide bonds. The maximum absolute atomic E-state index is 12.6. The highest BCUT2D eigenvalue weighted by Gasteiger charge is 2.21. The van der Waals surface area contributed by atoms with Crippen molar-refractivity contribution in [3.63, 3.8) is 0 Å². The Bertz CT molecular complexity index is 380. The number of Topliss-reactive ketones (excluding diaryl/α,β-unsaturated/α-hetero) is 1. The van der Waals surface area contributed by atoms with Crippen LogP contribution in [0, 0.1) is 0 Å². The maximum atomic E-state index is 12.6. The van der Waals surface area contributed by atoms with Gasteiger partial charge in [0, 0.05) is 10.0 Å². The number of carbonyl (C=O) groups excluding carboxylic acids is 1. The monoisotopic (exact) mass is 340 g/mol. The van der Waals surface area contributed by atoms with Crippen LogP contribution in [0.3, 0.4) is 0 Å². The summed E-state index contributed by atoms with van der Waals surface area (Å²) in [4.78, 5) is 10.4. The van der Waals surface area contributed by atoms with Gasteiger partial charge in [0.2, 0.25) is 0 Å². The van der Waals surface area contributed by atoms with Gasteiger partial charge in [0.1, 0.15) is 5.78 Å². The first-order chi connectivity index (χ1) is 6.93. The van der Waals surface area contributed by atoms with Crippen molar-refractivity contribution in [2.24, 2.45) is 0 Å². The van der Waals surface area contributed by atoms with Gasteiger partial charge in [-0.25, -0.2) is 8.78 Å². The van der Waals surface area contributed by atoms with E-state index in [0.29, 0.717) is 10.0 Å². The molecule has 0 aliphatic heterocycles. The Balaban J connectivity index is 3.24. The fourth-order valence-electron chi connectivity index (χ4n) is 1.18. The van der Waals surface area contributed by atoms with Gasteiger partial charge in [-0.2, -0.15) is 0 Å². The van der Waals surface area contributed by atoms with E-state index in [2.05, 4.69) is 31.9 Å². The molecular formula is C10H8Br2F2O. The second kappa shape index (κ2) is 5.16. The summed E-state index contributed by atoms with van der Waals surface area (Å²) in [5, 5.41) is 0. The fourth-order valence-corrected chi connectivity index (χ4v) is 1.96. The number of benzene rings is 1. The van der Waals surface area contributed by atoms with Crippen LogP contribution in [-0.4, -0.2) is 5.78 Å². The van der Waals surface area contributed by atoms with E-state index in [1.165, 1.54) is 25.1 Å². The van der Waals surface area contributed by atoms with E-state index in [9.17, 15) is 13.6 Å². The summed E-state index contributed by atoms with van der Waals surface area (Å²) in [5.41, 5.74) is 0.196. The number of alkyl halides is 3. The minimum absolute atomic E-state index is 0.115. The number of carbonyl (C=O) groups is 1. The summed E-state index contributed by atoms with van der Waals surface area (Å²) in [7, 11) is 0. The van der Waals surface area contributed by atoms with Gasteiger partial charge in [0.15, 0.2) is 0 Å². The van der Waals surface area contributed by atoms with Crippen molar-refractivity contribution in [3.8, 4) is 0 Å². The van der Waals surface area contributed by atoms with Crippen molar-refractivity contribution in [1.82, 2.24) is 0 Å². The number of hydrogen-bond acceptors (Lipinski definition) is 1. The molecule has 0 saturated heterocycles. The molecule has 1 aromatic carbocycles. The summed E-state index contributed by atoms with van der Waals surface area (Å²) in [5.74, 6) is -0.199. The van der Waals surface area contributed by atoms with Crippen molar-refractivity contribution in [2.45, 2.75) is 18.2 Å². The average Bonchev–Trinajstić information content (AvgIpc) is 2.15. The SMILES string of the molecule is CC(=O)C(Br)c1cc(Br)ccc1C(F)F. The van der Waals surface area contributed by atoms with E-state index in [0.717, 1.165) is 0 Å². The van der Waals surface area contributed by atoms with E-state index >= 15 is 0 Å². The summed E-state index contributed by atoms with van der Waals surface area (Å²) in [6.45, 7) is 1.36. The summed E-state index contributed by atoms with van der Waals surface area (Å²) >= 11 is 6.29. The van der Waals surface area contributed by atoms with Gasteiger partial charge < -0.3 is 0 Å². The summed E-state index contributed by atoms with van der Waals surface area (Å²) < 4.78 is 25.9. The van der Waals surface area contributed by atoms with Crippen LogP contribution in [0.4, 0.5) is 8.78 Å². The molecule has 0 spiro atoms. The summed E-state index contributed by atoms with van der Waals surface area (Å²) in [6.07, 6.45) is -2.58. The number of ketones is 1. The van der Waals surface area contributed by atoms with Crippen LogP contribution < -0.4 is 0 Å². The molecule has 1 aromatic rings. The van der Waals surface area contributed by atoms with Crippen LogP contribution >= 0.6 is 31.9 Å². The molecule has 0 bridgehead atoms. The second-order valence-corrected chi connectivity index (χ2v) is 4.88. The first-order valence-corrected chi connectivity index (χ1v) is 5.86. The van der Waals surface area contributed by atoms with E-state index in [1.54, 1.807) is 0 Å². The van der Waals surface area contributed by atoms with Crippen LogP contribution in [0.1, 0.15) is 29.3 Å². The van der Waals surface area contributed by atoms with Crippen LogP contribution in [-0.2, 0) is 4.79 Å². The fraction of sp³-hybridized carbons (Fsp3) is 0.300. The molecular weight excluding hydrogens is 334 g/mol. The molecule has 0 heterocycles. The number of halogens is 4. The van der Waals surface area contributed by atoms with Crippen LogP contribution in [0.15, 0.2) is 22.7 Å². The van der Waals surface area contributed by atoms with Gasteiger partial charge in [-0.1, -0.05) is 37.9 Å². The molecule has 0 fully saturated rings. The molecule has 1 nitrogen and oxygen atoms in total. The van der Waals surface area contributed by atoms with E-state index in [-0.39, 0.29) is 11.3 Å². The second-order valence-electron chi connectivity index (χ2n) is 3.05. The minimum atomic E-state index is -2.58. The Morgan fingerprint density at radius 2 is 1.93 bits per heavy atom. The molecule has 1 rings (SSSR count). The van der Waals surface area contributed by atoms with Crippen molar-refractivity contribution in [1.29, 1.82) is 0 Å². The smallest absolute Gasteiger partial charge is 0.264 e. The molecule has 5 heteroatoms. The van der Waals surface area contributed by atoms with Crippen LogP contribution in [0.5, 0.6) is 0 Å². The topological polar surface area (TPSA) is 17.1 Å². The lowest BCUT2D eigenvalue weighted by atomic mass is 10.0. The highest BCUT2D eigenvalue weighted by molar-refractivity contribution is 9.10. The predicted molar refractivity (Wildman–Crippen MR) is 61.4 cm³/mol. The largest absolute Gasteiger partial charge is 0.298 e. The molecule has 0 N–H and O–H groups in total. The van der Waals surface area contributed by atoms with Crippen molar-refractivity contribution >= 4 is 37.6 Å². The van der Waals surface area contributed by atoms with E-state index in [4.69, 9.17) is 0 Å². The average molecular weight is 342 g/mol. The molecule has 82 valence electrons. The van der Waals surface area contributed by atoms with Crippen molar-refractivity contribution in [3.05, 3.63) is 33.8 Å². The molecule has 0 saturated carbocycles. The van der Waals surface area contributed by atoms with Gasteiger partial charge in [0.25, 0.3) is 6.43 Å². The standard InChI is InChI=1S/C10H8Br2F2O/c1-5(15)9(12)8-4-6(11)2-3-7(8)10(13)14/h2-4,9-10H,1H3. The first kappa shape index (κ1) is 12.8. The zero-order chi connectivity index (χ0) is 11.6. The minimum Gasteiger partial charge on any atom is -0.298 e. The Kier molecular flexibility index (Phi) is 4.40. The van der Waals surface area contributed by atoms with Crippen LogP contribution in [0.2, 0.25) is 0 Å². The first-order valence-electron chi connectivity index (χ1n) is 4.15. The number of hydrogen-bond donors (Lipinski definition) is 0. The van der Waals surface area contributed by atoms with Crippen molar-refractivity contribution in [2.75, 3.05) is 0 Å². The zero-order valence-electron chi connectivity index (χ0n) is 7.81. The summed E-state index contributed by atoms with van der Waals surface area (Å²) in [6, 6.07) is 4.38. The highest BCUT2D eigenvalue weighted by atomic mass is 79.9. The lowest BCUT2D eigenvalue weighted by Crippen LogP contribution is -2.05. The van der Waals surface area contributed by atoms with Gasteiger partial charge in [-0.05, 0) is 24.6 Å². The zero-order valence-corrected chi connectivity index (χ0v) is 11.0. The van der Waals surface area contributed by atoms with Gasteiger partial charge in [0.05, 0.1) is 4.83 Å².